The van der Waals surface area contributed by atoms with Gasteiger partial charge in [0.1, 0.15) is 5.84 Å². The Labute approximate surface area is 225 Å². The first-order chi connectivity index (χ1) is 18.4. The first-order valence-electron chi connectivity index (χ1n) is 13.1. The number of fused-ring (bicyclic) bond motifs is 1. The molecule has 0 unspecified atom stereocenters. The second-order valence-corrected chi connectivity index (χ2v) is 11.2. The lowest BCUT2D eigenvalue weighted by Crippen LogP contribution is -2.48. The largest absolute Gasteiger partial charge is 0.385 e. The number of aromatic nitrogens is 1. The number of hydrogen-bond acceptors (Lipinski definition) is 6. The van der Waals surface area contributed by atoms with E-state index in [2.05, 4.69) is 15.6 Å². The van der Waals surface area contributed by atoms with Crippen molar-refractivity contribution in [2.45, 2.75) is 51.5 Å². The maximum absolute atomic E-state index is 14.3. The number of carbonyl (C=O) groups excluding carboxylic acids is 1. The van der Waals surface area contributed by atoms with Crippen molar-refractivity contribution in [1.82, 2.24) is 20.5 Å². The quantitative estimate of drug-likeness (QED) is 0.370. The molecule has 2 aromatic rings. The highest BCUT2D eigenvalue weighted by molar-refractivity contribution is 7.15. The molecule has 3 aliphatic rings. The van der Waals surface area contributed by atoms with E-state index in [1.165, 1.54) is 11.3 Å². The number of halogens is 2. The van der Waals surface area contributed by atoms with Gasteiger partial charge in [-0.25, -0.2) is 18.6 Å². The highest BCUT2D eigenvalue weighted by atomic mass is 32.1. The van der Waals surface area contributed by atoms with Crippen LogP contribution in [0.5, 0.6) is 0 Å². The Morgan fingerprint density at radius 3 is 2.71 bits per heavy atom. The van der Waals surface area contributed by atoms with Crippen molar-refractivity contribution < 1.29 is 18.3 Å². The van der Waals surface area contributed by atoms with Gasteiger partial charge < -0.3 is 25.2 Å². The normalized spacial score (nSPS) is 18.6. The summed E-state index contributed by atoms with van der Waals surface area (Å²) in [5, 5.41) is 16.4. The Morgan fingerprint density at radius 2 is 2.03 bits per heavy atom. The summed E-state index contributed by atoms with van der Waals surface area (Å²) in [6.45, 7) is 4.64. The van der Waals surface area contributed by atoms with E-state index >= 15 is 0 Å². The minimum Gasteiger partial charge on any atom is -0.385 e. The van der Waals surface area contributed by atoms with Gasteiger partial charge in [0.2, 0.25) is 0 Å². The zero-order chi connectivity index (χ0) is 26.8. The van der Waals surface area contributed by atoms with Gasteiger partial charge in [-0.15, -0.1) is 11.3 Å². The number of rotatable bonds is 5. The topological polar surface area (TPSA) is 93.6 Å². The third-order valence-electron chi connectivity index (χ3n) is 7.49. The van der Waals surface area contributed by atoms with Gasteiger partial charge in [0.15, 0.2) is 0 Å². The second kappa shape index (κ2) is 11.4. The lowest BCUT2D eigenvalue weighted by Gasteiger charge is -2.38. The standard InChI is InChI=1S/C27H34F2N6O2S/c1-16-32-14-24(38-16)19-12-17-4-3-8-35(23(17)13-20(19)25(28)29)26(30)21-15-34(27(36)31-2)9-5-22(21)33-18-6-10-37-11-7-18/h12-14,18,25,30,33H,3-11,15H2,1-2H3,(H,31,36). The predicted octanol–water partition coefficient (Wildman–Crippen LogP) is 4.85. The molecule has 11 heteroatoms. The molecule has 0 bridgehead atoms. The molecule has 2 amide bonds. The summed E-state index contributed by atoms with van der Waals surface area (Å²) in [4.78, 5) is 21.0. The summed E-state index contributed by atoms with van der Waals surface area (Å²) >= 11 is 1.41. The molecule has 0 saturated carbocycles. The van der Waals surface area contributed by atoms with E-state index in [1.807, 2.05) is 17.9 Å². The minimum absolute atomic E-state index is 0.0442. The Hall–Kier alpha value is -3.05. The number of aryl methyl sites for hydroxylation is 2. The average molecular weight is 545 g/mol. The molecule has 8 nitrogen and oxygen atoms in total. The van der Waals surface area contributed by atoms with Crippen LogP contribution in [0.1, 0.15) is 48.2 Å². The Kier molecular flexibility index (Phi) is 7.94. The minimum atomic E-state index is -2.65. The number of ether oxygens (including phenoxy) is 1. The van der Waals surface area contributed by atoms with Gasteiger partial charge in [-0.3, -0.25) is 5.41 Å². The van der Waals surface area contributed by atoms with Crippen molar-refractivity contribution in [3.63, 3.8) is 0 Å². The molecule has 0 atom stereocenters. The third kappa shape index (κ3) is 5.40. The average Bonchev–Trinajstić information content (AvgIpc) is 3.38. The summed E-state index contributed by atoms with van der Waals surface area (Å²) < 4.78 is 34.1. The molecule has 38 heavy (non-hydrogen) atoms. The number of carbonyl (C=O) groups is 1. The van der Waals surface area contributed by atoms with Crippen LogP contribution in [0.25, 0.3) is 10.4 Å². The Balaban J connectivity index is 1.51. The van der Waals surface area contributed by atoms with Gasteiger partial charge in [-0.05, 0) is 50.3 Å². The van der Waals surface area contributed by atoms with Crippen LogP contribution in [0.4, 0.5) is 19.3 Å². The monoisotopic (exact) mass is 544 g/mol. The van der Waals surface area contributed by atoms with Crippen molar-refractivity contribution in [3.05, 3.63) is 45.7 Å². The van der Waals surface area contributed by atoms with Gasteiger partial charge in [-0.2, -0.15) is 0 Å². The summed E-state index contributed by atoms with van der Waals surface area (Å²) in [6.07, 6.45) is 2.93. The summed E-state index contributed by atoms with van der Waals surface area (Å²) in [7, 11) is 1.60. The van der Waals surface area contributed by atoms with Gasteiger partial charge >= 0.3 is 6.03 Å². The first kappa shape index (κ1) is 26.6. The zero-order valence-electron chi connectivity index (χ0n) is 21.8. The smallest absolute Gasteiger partial charge is 0.317 e. The van der Waals surface area contributed by atoms with Crippen LogP contribution >= 0.6 is 11.3 Å². The third-order valence-corrected chi connectivity index (χ3v) is 8.44. The Morgan fingerprint density at radius 1 is 1.24 bits per heavy atom. The van der Waals surface area contributed by atoms with Crippen molar-refractivity contribution in [1.29, 1.82) is 5.41 Å². The SMILES string of the molecule is CNC(=O)N1CCC(NC2CCOCC2)=C(C(=N)N2CCCc3cc(-c4cnc(C)s4)c(C(F)F)cc32)C1. The number of amides is 2. The molecule has 0 spiro atoms. The van der Waals surface area contributed by atoms with Crippen LogP contribution in [0.3, 0.4) is 0 Å². The number of thiazole rings is 1. The highest BCUT2D eigenvalue weighted by Gasteiger charge is 2.32. The van der Waals surface area contributed by atoms with Gasteiger partial charge in [0.05, 0.1) is 16.4 Å². The van der Waals surface area contributed by atoms with Crippen LogP contribution < -0.4 is 15.5 Å². The number of hydrogen-bond donors (Lipinski definition) is 3. The first-order valence-corrected chi connectivity index (χ1v) is 13.9. The molecule has 0 radical (unpaired) electrons. The molecular formula is C27H34F2N6O2S. The van der Waals surface area contributed by atoms with E-state index < -0.39 is 6.43 Å². The maximum Gasteiger partial charge on any atom is 0.317 e. The van der Waals surface area contributed by atoms with Gasteiger partial charge in [-0.1, -0.05) is 0 Å². The molecule has 0 aliphatic carbocycles. The van der Waals surface area contributed by atoms with E-state index in [4.69, 9.17) is 4.74 Å². The molecule has 3 N–H and O–H groups in total. The fourth-order valence-corrected chi connectivity index (χ4v) is 6.30. The van der Waals surface area contributed by atoms with E-state index in [9.17, 15) is 19.0 Å². The number of benzene rings is 1. The zero-order valence-corrected chi connectivity index (χ0v) is 22.6. The van der Waals surface area contributed by atoms with Crippen molar-refractivity contribution in [3.8, 4) is 10.4 Å². The predicted molar refractivity (Wildman–Crippen MR) is 145 cm³/mol. The number of urea groups is 1. The summed E-state index contributed by atoms with van der Waals surface area (Å²) in [6, 6.07) is 3.47. The van der Waals surface area contributed by atoms with Crippen LogP contribution in [0.2, 0.25) is 0 Å². The van der Waals surface area contributed by atoms with E-state index in [-0.39, 0.29) is 30.0 Å². The fourth-order valence-electron chi connectivity index (χ4n) is 5.48. The molecule has 5 rings (SSSR count). The summed E-state index contributed by atoms with van der Waals surface area (Å²) in [5.41, 5.74) is 3.76. The molecule has 1 fully saturated rings. The number of amidine groups is 1. The van der Waals surface area contributed by atoms with E-state index in [0.717, 1.165) is 52.4 Å². The number of alkyl halides is 2. The lowest BCUT2D eigenvalue weighted by atomic mass is 9.93. The molecule has 1 aromatic heterocycles. The Bertz CT molecular complexity index is 1240. The van der Waals surface area contributed by atoms with Crippen LogP contribution in [0, 0.1) is 12.3 Å². The second-order valence-electron chi connectivity index (χ2n) is 9.93. The molecule has 1 aromatic carbocycles. The lowest BCUT2D eigenvalue weighted by molar-refractivity contribution is 0.0798. The molecule has 4 heterocycles. The number of nitrogens with one attached hydrogen (secondary N) is 3. The molecule has 204 valence electrons. The van der Waals surface area contributed by atoms with Crippen LogP contribution in [-0.2, 0) is 11.2 Å². The molecular weight excluding hydrogens is 510 g/mol. The van der Waals surface area contributed by atoms with Crippen LogP contribution in [-0.4, -0.2) is 67.7 Å². The van der Waals surface area contributed by atoms with Crippen molar-refractivity contribution in [2.24, 2.45) is 0 Å². The molecule has 3 aliphatic heterocycles. The fraction of sp³-hybridized carbons (Fsp3) is 0.519. The summed E-state index contributed by atoms with van der Waals surface area (Å²) in [5.74, 6) is 0.260. The van der Waals surface area contributed by atoms with Gasteiger partial charge in [0.25, 0.3) is 6.43 Å². The van der Waals surface area contributed by atoms with Crippen LogP contribution in [0.15, 0.2) is 29.6 Å². The molecule has 1 saturated heterocycles. The van der Waals surface area contributed by atoms with E-state index in [1.54, 1.807) is 24.2 Å². The van der Waals surface area contributed by atoms with Gasteiger partial charge in [0, 0.05) is 80.1 Å². The number of nitrogens with zero attached hydrogens (tertiary/aromatic N) is 3. The highest BCUT2D eigenvalue weighted by Crippen LogP contribution is 2.41. The number of anilines is 1. The maximum atomic E-state index is 14.3. The van der Waals surface area contributed by atoms with E-state index in [0.29, 0.717) is 44.0 Å². The van der Waals surface area contributed by atoms with Crippen molar-refractivity contribution in [2.75, 3.05) is 44.8 Å². The van der Waals surface area contributed by atoms with Crippen molar-refractivity contribution >= 4 is 28.9 Å².